The van der Waals surface area contributed by atoms with Crippen LogP contribution in [0.3, 0.4) is 0 Å². The van der Waals surface area contributed by atoms with Crippen molar-refractivity contribution in [1.29, 1.82) is 0 Å². The maximum Gasteiger partial charge on any atom is 0.161 e. The number of phenols is 2. The molecule has 0 radical (unpaired) electrons. The van der Waals surface area contributed by atoms with Crippen LogP contribution >= 0.6 is 0 Å². The Kier molecular flexibility index (Phi) is 4.04. The maximum absolute atomic E-state index is 9.81. The first-order valence-corrected chi connectivity index (χ1v) is 8.20. The highest BCUT2D eigenvalue weighted by atomic mass is 16.5. The number of ether oxygens (including phenoxy) is 2. The Morgan fingerprint density at radius 2 is 1.44 bits per heavy atom. The smallest absolute Gasteiger partial charge is 0.161 e. The minimum absolute atomic E-state index is 0.0694. The van der Waals surface area contributed by atoms with Gasteiger partial charge in [0.05, 0.1) is 31.8 Å². The van der Waals surface area contributed by atoms with Crippen molar-refractivity contribution in [2.75, 3.05) is 14.2 Å². The van der Waals surface area contributed by atoms with Crippen molar-refractivity contribution < 1.29 is 19.7 Å². The van der Waals surface area contributed by atoms with E-state index >= 15 is 0 Å². The van der Waals surface area contributed by atoms with E-state index in [2.05, 4.69) is 10.1 Å². The first-order valence-electron chi connectivity index (χ1n) is 8.20. The van der Waals surface area contributed by atoms with Crippen LogP contribution in [0, 0.1) is 0 Å². The van der Waals surface area contributed by atoms with Crippen LogP contribution in [-0.4, -0.2) is 39.0 Å². The number of methoxy groups -OCH3 is 2. The largest absolute Gasteiger partial charge is 0.504 e. The Morgan fingerprint density at radius 1 is 0.815 bits per heavy atom. The van der Waals surface area contributed by atoms with Crippen LogP contribution in [0.15, 0.2) is 54.7 Å². The molecule has 136 valence electrons. The second-order valence-corrected chi connectivity index (χ2v) is 5.91. The molecule has 0 amide bonds. The molecule has 0 bridgehead atoms. The summed E-state index contributed by atoms with van der Waals surface area (Å²) in [5.41, 5.74) is 3.76. The summed E-state index contributed by atoms with van der Waals surface area (Å²) in [4.78, 5) is 4.39. The third kappa shape index (κ3) is 2.89. The van der Waals surface area contributed by atoms with Gasteiger partial charge in [-0.2, -0.15) is 5.10 Å². The maximum atomic E-state index is 9.81. The van der Waals surface area contributed by atoms with Gasteiger partial charge in [-0.1, -0.05) is 0 Å². The van der Waals surface area contributed by atoms with Gasteiger partial charge in [0.2, 0.25) is 0 Å². The highest BCUT2D eigenvalue weighted by Crippen LogP contribution is 2.33. The number of imidazole rings is 1. The number of rotatable bonds is 4. The van der Waals surface area contributed by atoms with E-state index in [1.807, 2.05) is 12.1 Å². The zero-order valence-electron chi connectivity index (χ0n) is 14.7. The monoisotopic (exact) mass is 363 g/mol. The van der Waals surface area contributed by atoms with E-state index in [9.17, 15) is 10.2 Å². The van der Waals surface area contributed by atoms with Crippen molar-refractivity contribution in [1.82, 2.24) is 14.6 Å². The van der Waals surface area contributed by atoms with Crippen molar-refractivity contribution in [3.63, 3.8) is 0 Å². The number of nitrogens with zero attached hydrogens (tertiary/aromatic N) is 3. The average molecular weight is 363 g/mol. The molecule has 0 spiro atoms. The first kappa shape index (κ1) is 16.7. The van der Waals surface area contributed by atoms with Crippen LogP contribution in [0.25, 0.3) is 28.2 Å². The highest BCUT2D eigenvalue weighted by Gasteiger charge is 2.12. The van der Waals surface area contributed by atoms with Crippen LogP contribution < -0.4 is 9.47 Å². The molecule has 0 aliphatic carbocycles. The molecular formula is C20H17N3O4. The number of hydrogen-bond acceptors (Lipinski definition) is 6. The number of hydrogen-bond donors (Lipinski definition) is 2. The van der Waals surface area contributed by atoms with Crippen LogP contribution in [0.4, 0.5) is 0 Å². The molecule has 0 fully saturated rings. The Morgan fingerprint density at radius 3 is 2.11 bits per heavy atom. The van der Waals surface area contributed by atoms with Crippen molar-refractivity contribution in [3.05, 3.63) is 54.7 Å². The zero-order valence-corrected chi connectivity index (χ0v) is 14.7. The Hall–Kier alpha value is -3.74. The molecule has 0 aliphatic heterocycles. The van der Waals surface area contributed by atoms with Gasteiger partial charge in [-0.25, -0.2) is 9.50 Å². The number of fused-ring (bicyclic) bond motifs is 1. The molecule has 4 rings (SSSR count). The molecule has 0 aliphatic rings. The van der Waals surface area contributed by atoms with Gasteiger partial charge in [0.25, 0.3) is 0 Å². The topological polar surface area (TPSA) is 89.1 Å². The van der Waals surface area contributed by atoms with Gasteiger partial charge >= 0.3 is 0 Å². The van der Waals surface area contributed by atoms with Gasteiger partial charge in [-0.3, -0.25) is 0 Å². The molecule has 2 aromatic heterocycles. The highest BCUT2D eigenvalue weighted by molar-refractivity contribution is 5.69. The van der Waals surface area contributed by atoms with Crippen molar-refractivity contribution in [2.45, 2.75) is 0 Å². The minimum atomic E-state index is 0.0694. The van der Waals surface area contributed by atoms with Crippen LogP contribution in [-0.2, 0) is 0 Å². The third-order valence-electron chi connectivity index (χ3n) is 4.31. The fraction of sp³-hybridized carbons (Fsp3) is 0.100. The normalized spacial score (nSPS) is 10.9. The van der Waals surface area contributed by atoms with Crippen LogP contribution in [0.2, 0.25) is 0 Å². The van der Waals surface area contributed by atoms with Gasteiger partial charge < -0.3 is 19.7 Å². The lowest BCUT2D eigenvalue weighted by Crippen LogP contribution is -1.97. The van der Waals surface area contributed by atoms with E-state index in [0.29, 0.717) is 22.8 Å². The SMILES string of the molecule is COc1cc(-c2ccc3ncc(-c4ccc(O)c(OC)c4)n3n2)ccc1O. The second kappa shape index (κ2) is 6.53. The molecule has 2 aromatic carbocycles. The number of phenolic OH excluding ortho intramolecular Hbond substituents is 2. The molecule has 27 heavy (non-hydrogen) atoms. The minimum Gasteiger partial charge on any atom is -0.504 e. The lowest BCUT2D eigenvalue weighted by Gasteiger charge is -2.08. The summed E-state index contributed by atoms with van der Waals surface area (Å²) in [5.74, 6) is 0.896. The summed E-state index contributed by atoms with van der Waals surface area (Å²) >= 11 is 0. The first-order chi connectivity index (χ1) is 13.1. The van der Waals surface area contributed by atoms with Gasteiger partial charge in [-0.05, 0) is 48.5 Å². The number of aromatic hydroxyl groups is 2. The summed E-state index contributed by atoms with van der Waals surface area (Å²) in [7, 11) is 3.00. The Labute approximate surface area is 155 Å². The summed E-state index contributed by atoms with van der Waals surface area (Å²) < 4.78 is 12.1. The Bertz CT molecular complexity index is 1140. The lowest BCUT2D eigenvalue weighted by atomic mass is 10.1. The molecular weight excluding hydrogens is 346 g/mol. The van der Waals surface area contributed by atoms with Crippen molar-refractivity contribution in [3.8, 4) is 45.5 Å². The quantitative estimate of drug-likeness (QED) is 0.577. The van der Waals surface area contributed by atoms with Gasteiger partial charge in [0, 0.05) is 11.1 Å². The summed E-state index contributed by atoms with van der Waals surface area (Å²) in [5, 5.41) is 24.3. The van der Waals surface area contributed by atoms with Crippen LogP contribution in [0.5, 0.6) is 23.0 Å². The fourth-order valence-corrected chi connectivity index (χ4v) is 2.90. The summed E-state index contributed by atoms with van der Waals surface area (Å²) in [6.45, 7) is 0. The molecule has 7 nitrogen and oxygen atoms in total. The standard InChI is InChI=1S/C20H17N3O4/c1-26-18-9-12(3-6-16(18)24)14-5-8-20-21-11-15(23(20)22-14)13-4-7-17(25)19(10-13)27-2/h3-11,24-25H,1-2H3. The van der Waals surface area contributed by atoms with E-state index in [1.165, 1.54) is 14.2 Å². The Balaban J connectivity index is 1.84. The van der Waals surface area contributed by atoms with Crippen LogP contribution in [0.1, 0.15) is 0 Å². The van der Waals surface area contributed by atoms with E-state index in [1.54, 1.807) is 47.1 Å². The molecule has 0 unspecified atom stereocenters. The lowest BCUT2D eigenvalue weighted by molar-refractivity contribution is 0.373. The van der Waals surface area contributed by atoms with Crippen molar-refractivity contribution in [2.24, 2.45) is 0 Å². The average Bonchev–Trinajstić information content (AvgIpc) is 3.12. The summed E-state index contributed by atoms with van der Waals surface area (Å²) in [6, 6.07) is 13.9. The summed E-state index contributed by atoms with van der Waals surface area (Å²) in [6.07, 6.45) is 1.72. The van der Waals surface area contributed by atoms with E-state index in [-0.39, 0.29) is 11.5 Å². The molecule has 2 heterocycles. The van der Waals surface area contributed by atoms with Crippen molar-refractivity contribution >= 4 is 5.65 Å². The van der Waals surface area contributed by atoms with Gasteiger partial charge in [0.15, 0.2) is 28.6 Å². The predicted molar refractivity (Wildman–Crippen MR) is 100 cm³/mol. The molecule has 0 saturated carbocycles. The number of aromatic nitrogens is 3. The predicted octanol–water partition coefficient (Wildman–Crippen LogP) is 3.49. The molecule has 0 atom stereocenters. The molecule has 4 aromatic rings. The third-order valence-corrected chi connectivity index (χ3v) is 4.31. The zero-order chi connectivity index (χ0) is 19.0. The van der Waals surface area contributed by atoms with Gasteiger partial charge in [-0.15, -0.1) is 0 Å². The second-order valence-electron chi connectivity index (χ2n) is 5.91. The number of benzene rings is 2. The fourth-order valence-electron chi connectivity index (χ4n) is 2.90. The van der Waals surface area contributed by atoms with E-state index in [0.717, 1.165) is 16.8 Å². The van der Waals surface area contributed by atoms with Gasteiger partial charge in [0.1, 0.15) is 0 Å². The van der Waals surface area contributed by atoms with E-state index in [4.69, 9.17) is 9.47 Å². The van der Waals surface area contributed by atoms with E-state index < -0.39 is 0 Å². The molecule has 2 N–H and O–H groups in total. The molecule has 0 saturated heterocycles. The molecule has 7 heteroatoms.